The maximum Gasteiger partial charge on any atom is 0.284 e. The van der Waals surface area contributed by atoms with Gasteiger partial charge in [0.05, 0.1) is 12.6 Å². The third-order valence-corrected chi connectivity index (χ3v) is 3.81. The number of rotatable bonds is 9. The summed E-state index contributed by atoms with van der Waals surface area (Å²) < 4.78 is 11.2. The zero-order chi connectivity index (χ0) is 18.8. The molecule has 2 aromatic rings. The van der Waals surface area contributed by atoms with Gasteiger partial charge in [-0.1, -0.05) is 30.3 Å². The fourth-order valence-electron chi connectivity index (χ4n) is 2.36. The van der Waals surface area contributed by atoms with Gasteiger partial charge in [0, 0.05) is 20.2 Å². The van der Waals surface area contributed by atoms with Gasteiger partial charge in [0.1, 0.15) is 5.76 Å². The molecule has 1 unspecified atom stereocenters. The van der Waals surface area contributed by atoms with E-state index in [9.17, 15) is 4.79 Å². The standard InChI is InChI=1S/C19H26N4O3.HI/c1-14(15-7-4-3-5-8-15)25-12-6-11-22-19(21-2)23-13-16-9-10-17(26-16)18(20)24;/h3-5,7-10,14H,6,11-13H2,1-2H3,(H2,20,24)(H2,21,22,23);1H. The molecule has 148 valence electrons. The van der Waals surface area contributed by atoms with E-state index >= 15 is 0 Å². The van der Waals surface area contributed by atoms with Crippen LogP contribution < -0.4 is 16.4 Å². The lowest BCUT2D eigenvalue weighted by Gasteiger charge is -2.14. The monoisotopic (exact) mass is 486 g/mol. The highest BCUT2D eigenvalue weighted by molar-refractivity contribution is 14.0. The zero-order valence-corrected chi connectivity index (χ0v) is 17.9. The number of aliphatic imine (C=N–C) groups is 1. The highest BCUT2D eigenvalue weighted by atomic mass is 127. The molecule has 27 heavy (non-hydrogen) atoms. The molecule has 0 fully saturated rings. The van der Waals surface area contributed by atoms with Crippen molar-refractivity contribution in [2.45, 2.75) is 26.0 Å². The largest absolute Gasteiger partial charge is 0.454 e. The number of hydrogen-bond donors (Lipinski definition) is 3. The molecule has 0 aliphatic rings. The lowest BCUT2D eigenvalue weighted by molar-refractivity contribution is 0.0646. The summed E-state index contributed by atoms with van der Waals surface area (Å²) in [5.41, 5.74) is 6.33. The van der Waals surface area contributed by atoms with E-state index in [0.29, 0.717) is 24.9 Å². The van der Waals surface area contributed by atoms with Crippen LogP contribution in [0.1, 0.15) is 41.3 Å². The Kier molecular flexibility index (Phi) is 10.5. The second-order valence-corrected chi connectivity index (χ2v) is 5.76. The van der Waals surface area contributed by atoms with Gasteiger partial charge in [-0.3, -0.25) is 9.79 Å². The Balaban J connectivity index is 0.00000364. The minimum Gasteiger partial charge on any atom is -0.454 e. The number of nitrogens with zero attached hydrogens (tertiary/aromatic N) is 1. The van der Waals surface area contributed by atoms with Crippen molar-refractivity contribution in [2.24, 2.45) is 10.7 Å². The maximum atomic E-state index is 11.0. The average molecular weight is 486 g/mol. The van der Waals surface area contributed by atoms with Crippen molar-refractivity contribution in [1.82, 2.24) is 10.6 Å². The number of carbonyl (C=O) groups excluding carboxylic acids is 1. The van der Waals surface area contributed by atoms with Crippen molar-refractivity contribution in [3.63, 3.8) is 0 Å². The summed E-state index contributed by atoms with van der Waals surface area (Å²) in [6.07, 6.45) is 0.928. The van der Waals surface area contributed by atoms with E-state index in [2.05, 4.69) is 27.8 Å². The van der Waals surface area contributed by atoms with Gasteiger partial charge >= 0.3 is 0 Å². The van der Waals surface area contributed by atoms with Gasteiger partial charge in [0.25, 0.3) is 5.91 Å². The number of carbonyl (C=O) groups is 1. The molecule has 1 aromatic heterocycles. The Morgan fingerprint density at radius 2 is 1.96 bits per heavy atom. The second kappa shape index (κ2) is 12.3. The lowest BCUT2D eigenvalue weighted by atomic mass is 10.1. The predicted molar refractivity (Wildman–Crippen MR) is 116 cm³/mol. The van der Waals surface area contributed by atoms with Crippen LogP contribution in [0.4, 0.5) is 0 Å². The van der Waals surface area contributed by atoms with Crippen LogP contribution in [-0.4, -0.2) is 32.1 Å². The van der Waals surface area contributed by atoms with Crippen LogP contribution in [0.3, 0.4) is 0 Å². The minimum atomic E-state index is -0.580. The number of hydrogen-bond acceptors (Lipinski definition) is 4. The highest BCUT2D eigenvalue weighted by Crippen LogP contribution is 2.15. The average Bonchev–Trinajstić information content (AvgIpc) is 3.14. The number of benzene rings is 1. The van der Waals surface area contributed by atoms with Crippen LogP contribution in [0, 0.1) is 0 Å². The Hall–Kier alpha value is -2.07. The van der Waals surface area contributed by atoms with Crippen molar-refractivity contribution in [2.75, 3.05) is 20.2 Å². The molecule has 1 amide bonds. The second-order valence-electron chi connectivity index (χ2n) is 5.76. The van der Waals surface area contributed by atoms with Crippen LogP contribution in [0.15, 0.2) is 51.9 Å². The first-order valence-electron chi connectivity index (χ1n) is 8.59. The van der Waals surface area contributed by atoms with Crippen molar-refractivity contribution >= 4 is 35.8 Å². The summed E-state index contributed by atoms with van der Waals surface area (Å²) >= 11 is 0. The number of halogens is 1. The summed E-state index contributed by atoms with van der Waals surface area (Å²) in [5.74, 6) is 0.831. The van der Waals surface area contributed by atoms with Crippen LogP contribution >= 0.6 is 24.0 Å². The van der Waals surface area contributed by atoms with Crippen LogP contribution in [-0.2, 0) is 11.3 Å². The summed E-state index contributed by atoms with van der Waals surface area (Å²) in [5, 5.41) is 6.32. The molecule has 4 N–H and O–H groups in total. The van der Waals surface area contributed by atoms with E-state index < -0.39 is 5.91 Å². The van der Waals surface area contributed by atoms with E-state index in [1.54, 1.807) is 19.2 Å². The number of guanidine groups is 1. The topological polar surface area (TPSA) is 102 Å². The zero-order valence-electron chi connectivity index (χ0n) is 15.6. The van der Waals surface area contributed by atoms with Gasteiger partial charge in [-0.25, -0.2) is 0 Å². The van der Waals surface area contributed by atoms with Crippen molar-refractivity contribution in [1.29, 1.82) is 0 Å². The minimum absolute atomic E-state index is 0. The SMILES string of the molecule is CN=C(NCCCOC(C)c1ccccc1)NCc1ccc(C(N)=O)o1.I. The van der Waals surface area contributed by atoms with E-state index in [0.717, 1.165) is 13.0 Å². The summed E-state index contributed by atoms with van der Waals surface area (Å²) in [6.45, 7) is 3.84. The number of amides is 1. The van der Waals surface area contributed by atoms with E-state index in [1.165, 1.54) is 5.56 Å². The lowest BCUT2D eigenvalue weighted by Crippen LogP contribution is -2.37. The van der Waals surface area contributed by atoms with Gasteiger partial charge in [0.2, 0.25) is 0 Å². The quantitative estimate of drug-likeness (QED) is 0.219. The van der Waals surface area contributed by atoms with E-state index in [-0.39, 0.29) is 35.8 Å². The molecule has 0 bridgehead atoms. The smallest absolute Gasteiger partial charge is 0.284 e. The normalized spacial score (nSPS) is 12.1. The number of nitrogens with two attached hydrogens (primary N) is 1. The Labute approximate surface area is 176 Å². The third kappa shape index (κ3) is 8.00. The van der Waals surface area contributed by atoms with E-state index in [4.69, 9.17) is 14.9 Å². The summed E-state index contributed by atoms with van der Waals surface area (Å²) in [6, 6.07) is 13.4. The Morgan fingerprint density at radius 1 is 1.22 bits per heavy atom. The van der Waals surface area contributed by atoms with Gasteiger partial charge < -0.3 is 25.5 Å². The predicted octanol–water partition coefficient (Wildman–Crippen LogP) is 2.83. The first kappa shape index (κ1) is 23.0. The molecular weight excluding hydrogens is 459 g/mol. The Bertz CT molecular complexity index is 719. The summed E-state index contributed by atoms with van der Waals surface area (Å²) in [7, 11) is 1.69. The number of furan rings is 1. The summed E-state index contributed by atoms with van der Waals surface area (Å²) in [4.78, 5) is 15.2. The third-order valence-electron chi connectivity index (χ3n) is 3.81. The van der Waals surface area contributed by atoms with Gasteiger partial charge in [-0.15, -0.1) is 24.0 Å². The number of primary amides is 1. The molecule has 0 radical (unpaired) electrons. The van der Waals surface area contributed by atoms with Crippen LogP contribution in [0.5, 0.6) is 0 Å². The molecule has 0 aliphatic carbocycles. The molecule has 1 aromatic carbocycles. The molecule has 0 spiro atoms. The van der Waals surface area contributed by atoms with Crippen molar-refractivity contribution < 1.29 is 13.9 Å². The van der Waals surface area contributed by atoms with Gasteiger partial charge in [-0.2, -0.15) is 0 Å². The molecule has 0 aliphatic heterocycles. The first-order chi connectivity index (χ1) is 12.6. The van der Waals surface area contributed by atoms with Crippen molar-refractivity contribution in [3.05, 3.63) is 59.5 Å². The first-order valence-corrected chi connectivity index (χ1v) is 8.59. The van der Waals surface area contributed by atoms with Crippen LogP contribution in [0.2, 0.25) is 0 Å². The van der Waals surface area contributed by atoms with Gasteiger partial charge in [-0.05, 0) is 31.0 Å². The maximum absolute atomic E-state index is 11.0. The molecule has 1 heterocycles. The van der Waals surface area contributed by atoms with Crippen molar-refractivity contribution in [3.8, 4) is 0 Å². The fourth-order valence-corrected chi connectivity index (χ4v) is 2.36. The van der Waals surface area contributed by atoms with E-state index in [1.807, 2.05) is 25.1 Å². The molecule has 7 nitrogen and oxygen atoms in total. The van der Waals surface area contributed by atoms with Crippen LogP contribution in [0.25, 0.3) is 0 Å². The molecule has 0 saturated carbocycles. The number of nitrogens with one attached hydrogen (secondary N) is 2. The molecular formula is C19H27IN4O3. The molecule has 8 heteroatoms. The van der Waals surface area contributed by atoms with Gasteiger partial charge in [0.15, 0.2) is 11.7 Å². The fraction of sp³-hybridized carbons (Fsp3) is 0.368. The highest BCUT2D eigenvalue weighted by Gasteiger charge is 2.08. The molecule has 2 rings (SSSR count). The molecule has 1 atom stereocenters. The Morgan fingerprint density at radius 3 is 2.59 bits per heavy atom. The number of ether oxygens (including phenoxy) is 1. The molecule has 0 saturated heterocycles.